The van der Waals surface area contributed by atoms with E-state index in [0.717, 1.165) is 11.1 Å². The first-order valence-electron chi connectivity index (χ1n) is 7.90. The van der Waals surface area contributed by atoms with Crippen LogP contribution in [0.3, 0.4) is 0 Å². The molecule has 0 saturated carbocycles. The number of halogens is 1. The smallest absolute Gasteiger partial charge is 0.246 e. The number of benzene rings is 2. The lowest BCUT2D eigenvalue weighted by atomic mass is 10.1. The third kappa shape index (κ3) is 3.91. The Morgan fingerprint density at radius 3 is 2.64 bits per heavy atom. The van der Waals surface area contributed by atoms with Crippen LogP contribution in [-0.2, 0) is 17.8 Å². The molecule has 0 bridgehead atoms. The van der Waals surface area contributed by atoms with Gasteiger partial charge in [0, 0.05) is 12.6 Å². The number of nitrogens with zero attached hydrogens (tertiary/aromatic N) is 3. The Morgan fingerprint density at radius 1 is 1.16 bits per heavy atom. The standard InChI is InChI=1S/C19H18FN3O2/c1-13-7-3-5-9-15(13)19-21-17(25-22-19)12-23(2)18(24)11-14-8-4-6-10-16(14)20/h3-10H,11-12H2,1-2H3. The van der Waals surface area contributed by atoms with Gasteiger partial charge < -0.3 is 9.42 Å². The zero-order valence-electron chi connectivity index (χ0n) is 14.1. The van der Waals surface area contributed by atoms with Crippen LogP contribution in [0.15, 0.2) is 53.1 Å². The molecule has 3 aromatic rings. The Morgan fingerprint density at radius 2 is 1.88 bits per heavy atom. The maximum atomic E-state index is 13.7. The van der Waals surface area contributed by atoms with E-state index in [1.807, 2.05) is 31.2 Å². The number of hydrogen-bond donors (Lipinski definition) is 0. The number of carbonyl (C=O) groups is 1. The Hall–Kier alpha value is -3.02. The summed E-state index contributed by atoms with van der Waals surface area (Å²) in [5, 5.41) is 3.97. The molecule has 1 amide bonds. The van der Waals surface area contributed by atoms with Crippen LogP contribution in [0, 0.1) is 12.7 Å². The fraction of sp³-hybridized carbons (Fsp3) is 0.211. The lowest BCUT2D eigenvalue weighted by Crippen LogP contribution is -2.28. The Balaban J connectivity index is 1.67. The van der Waals surface area contributed by atoms with Gasteiger partial charge in [-0.1, -0.05) is 47.6 Å². The molecule has 0 atom stereocenters. The van der Waals surface area contributed by atoms with Crippen LogP contribution in [-0.4, -0.2) is 28.0 Å². The topological polar surface area (TPSA) is 59.2 Å². The Kier molecular flexibility index (Phi) is 4.88. The van der Waals surface area contributed by atoms with Crippen molar-refractivity contribution in [3.05, 3.63) is 71.4 Å². The summed E-state index contributed by atoms with van der Waals surface area (Å²) in [6.07, 6.45) is -0.0119. The number of likely N-dealkylation sites (N-methyl/N-ethyl adjacent to an activating group) is 1. The van der Waals surface area contributed by atoms with E-state index in [4.69, 9.17) is 4.52 Å². The van der Waals surface area contributed by atoms with Gasteiger partial charge >= 0.3 is 0 Å². The van der Waals surface area contributed by atoms with Gasteiger partial charge in [-0.05, 0) is 24.1 Å². The first-order chi connectivity index (χ1) is 12.0. The molecule has 0 aliphatic heterocycles. The maximum Gasteiger partial charge on any atom is 0.246 e. The second-order valence-electron chi connectivity index (χ2n) is 5.84. The highest BCUT2D eigenvalue weighted by Gasteiger charge is 2.16. The number of amides is 1. The monoisotopic (exact) mass is 339 g/mol. The second kappa shape index (κ2) is 7.25. The van der Waals surface area contributed by atoms with Gasteiger partial charge in [-0.3, -0.25) is 4.79 Å². The second-order valence-corrected chi connectivity index (χ2v) is 5.84. The number of rotatable bonds is 5. The van der Waals surface area contributed by atoms with Gasteiger partial charge in [0.1, 0.15) is 5.82 Å². The average molecular weight is 339 g/mol. The van der Waals surface area contributed by atoms with Gasteiger partial charge in [0.25, 0.3) is 0 Å². The van der Waals surface area contributed by atoms with Crippen molar-refractivity contribution >= 4 is 5.91 Å². The molecule has 0 radical (unpaired) electrons. The summed E-state index contributed by atoms with van der Waals surface area (Å²) in [6, 6.07) is 14.0. The minimum atomic E-state index is -0.385. The number of hydrogen-bond acceptors (Lipinski definition) is 4. The summed E-state index contributed by atoms with van der Waals surface area (Å²) >= 11 is 0. The molecular formula is C19H18FN3O2. The minimum absolute atomic E-state index is 0.0119. The lowest BCUT2D eigenvalue weighted by molar-refractivity contribution is -0.130. The van der Waals surface area contributed by atoms with Gasteiger partial charge in [-0.25, -0.2) is 4.39 Å². The molecule has 1 aromatic heterocycles. The Bertz CT molecular complexity index is 892. The molecular weight excluding hydrogens is 321 g/mol. The molecule has 3 rings (SSSR count). The molecule has 0 unspecified atom stereocenters. The predicted molar refractivity (Wildman–Crippen MR) is 91.0 cm³/mol. The summed E-state index contributed by atoms with van der Waals surface area (Å²) in [6.45, 7) is 2.14. The van der Waals surface area contributed by atoms with Crippen LogP contribution in [0.2, 0.25) is 0 Å². The SMILES string of the molecule is Cc1ccccc1-c1noc(CN(C)C(=O)Cc2ccccc2F)n1. The Labute approximate surface area is 145 Å². The summed E-state index contributed by atoms with van der Waals surface area (Å²) in [7, 11) is 1.63. The number of carbonyl (C=O) groups excluding carboxylic acids is 1. The zero-order chi connectivity index (χ0) is 17.8. The van der Waals surface area contributed by atoms with Crippen LogP contribution in [0.5, 0.6) is 0 Å². The van der Waals surface area contributed by atoms with E-state index >= 15 is 0 Å². The molecule has 0 spiro atoms. The molecule has 0 fully saturated rings. The van der Waals surface area contributed by atoms with E-state index < -0.39 is 0 Å². The highest BCUT2D eigenvalue weighted by molar-refractivity contribution is 5.78. The van der Waals surface area contributed by atoms with Crippen molar-refractivity contribution < 1.29 is 13.7 Å². The van der Waals surface area contributed by atoms with E-state index in [0.29, 0.717) is 17.3 Å². The van der Waals surface area contributed by atoms with Crippen LogP contribution in [0.1, 0.15) is 17.0 Å². The maximum absolute atomic E-state index is 13.7. The fourth-order valence-electron chi connectivity index (χ4n) is 2.48. The molecule has 0 aliphatic rings. The van der Waals surface area contributed by atoms with Crippen molar-refractivity contribution in [3.8, 4) is 11.4 Å². The third-order valence-corrected chi connectivity index (χ3v) is 3.95. The van der Waals surface area contributed by atoms with Gasteiger partial charge in [0.15, 0.2) is 0 Å². The fourth-order valence-corrected chi connectivity index (χ4v) is 2.48. The van der Waals surface area contributed by atoms with Crippen LogP contribution >= 0.6 is 0 Å². The molecule has 25 heavy (non-hydrogen) atoms. The zero-order valence-corrected chi connectivity index (χ0v) is 14.1. The van der Waals surface area contributed by atoms with Gasteiger partial charge in [-0.15, -0.1) is 0 Å². The highest BCUT2D eigenvalue weighted by atomic mass is 19.1. The van der Waals surface area contributed by atoms with E-state index in [9.17, 15) is 9.18 Å². The largest absolute Gasteiger partial charge is 0.337 e. The van der Waals surface area contributed by atoms with Crippen molar-refractivity contribution in [1.82, 2.24) is 15.0 Å². The van der Waals surface area contributed by atoms with Gasteiger partial charge in [-0.2, -0.15) is 4.98 Å². The van der Waals surface area contributed by atoms with E-state index in [1.165, 1.54) is 11.0 Å². The summed E-state index contributed by atoms with van der Waals surface area (Å²) in [5.41, 5.74) is 2.29. The molecule has 0 saturated heterocycles. The van der Waals surface area contributed by atoms with Gasteiger partial charge in [0.05, 0.1) is 13.0 Å². The molecule has 2 aromatic carbocycles. The normalized spacial score (nSPS) is 10.7. The first-order valence-corrected chi connectivity index (χ1v) is 7.90. The number of aryl methyl sites for hydroxylation is 1. The van der Waals surface area contributed by atoms with Crippen molar-refractivity contribution in [2.45, 2.75) is 19.9 Å². The lowest BCUT2D eigenvalue weighted by Gasteiger charge is -2.14. The van der Waals surface area contributed by atoms with Crippen LogP contribution < -0.4 is 0 Å². The van der Waals surface area contributed by atoms with Crippen molar-refractivity contribution in [1.29, 1.82) is 0 Å². The van der Waals surface area contributed by atoms with Crippen LogP contribution in [0.4, 0.5) is 4.39 Å². The molecule has 5 nitrogen and oxygen atoms in total. The van der Waals surface area contributed by atoms with Crippen molar-refractivity contribution in [2.24, 2.45) is 0 Å². The molecule has 0 aliphatic carbocycles. The van der Waals surface area contributed by atoms with E-state index in [-0.39, 0.29) is 24.7 Å². The number of aromatic nitrogens is 2. The highest BCUT2D eigenvalue weighted by Crippen LogP contribution is 2.20. The first kappa shape index (κ1) is 16.8. The molecule has 1 heterocycles. The quantitative estimate of drug-likeness (QED) is 0.715. The molecule has 0 N–H and O–H groups in total. The molecule has 128 valence electrons. The van der Waals surface area contributed by atoms with Crippen molar-refractivity contribution in [2.75, 3.05) is 7.05 Å². The van der Waals surface area contributed by atoms with Gasteiger partial charge in [0.2, 0.25) is 17.6 Å². The summed E-state index contributed by atoms with van der Waals surface area (Å²) in [4.78, 5) is 18.1. The minimum Gasteiger partial charge on any atom is -0.337 e. The van der Waals surface area contributed by atoms with Crippen LogP contribution in [0.25, 0.3) is 11.4 Å². The van der Waals surface area contributed by atoms with Crippen molar-refractivity contribution in [3.63, 3.8) is 0 Å². The van der Waals surface area contributed by atoms with E-state index in [2.05, 4.69) is 10.1 Å². The third-order valence-electron chi connectivity index (χ3n) is 3.95. The summed E-state index contributed by atoms with van der Waals surface area (Å²) < 4.78 is 18.9. The molecule has 6 heteroatoms. The van der Waals surface area contributed by atoms with E-state index in [1.54, 1.807) is 25.2 Å². The summed E-state index contributed by atoms with van der Waals surface area (Å²) in [5.74, 6) is 0.218. The predicted octanol–water partition coefficient (Wildman–Crippen LogP) is 3.39. The average Bonchev–Trinajstić information content (AvgIpc) is 3.05.